The van der Waals surface area contributed by atoms with Gasteiger partial charge in [-0.3, -0.25) is 0 Å². The van der Waals surface area contributed by atoms with E-state index in [1.165, 1.54) is 0 Å². The van der Waals surface area contributed by atoms with Gasteiger partial charge in [-0.1, -0.05) is 29.3 Å². The van der Waals surface area contributed by atoms with Crippen molar-refractivity contribution in [3.63, 3.8) is 0 Å². The first kappa shape index (κ1) is 16.6. The number of fused-ring (bicyclic) bond motifs is 1. The van der Waals surface area contributed by atoms with Gasteiger partial charge in [-0.25, -0.2) is 5.26 Å². The minimum absolute atomic E-state index is 0.758. The lowest BCUT2D eigenvalue weighted by Crippen LogP contribution is -1.94. The van der Waals surface area contributed by atoms with E-state index < -0.39 is 0 Å². The zero-order valence-electron chi connectivity index (χ0n) is 13.3. The Kier molecular flexibility index (Phi) is 5.22. The number of rotatable bonds is 6. The van der Waals surface area contributed by atoms with Crippen molar-refractivity contribution in [2.75, 3.05) is 12.4 Å². The molecule has 0 aliphatic heterocycles. The van der Waals surface area contributed by atoms with Crippen molar-refractivity contribution in [1.82, 2.24) is 0 Å². The molecule has 3 aromatic rings. The number of benzene rings is 3. The second-order valence-electron chi connectivity index (χ2n) is 5.19. The van der Waals surface area contributed by atoms with Crippen LogP contribution in [0.1, 0.15) is 5.56 Å². The van der Waals surface area contributed by atoms with E-state index in [-0.39, 0.29) is 0 Å². The minimum atomic E-state index is 0.758. The second kappa shape index (κ2) is 7.55. The molecule has 124 valence electrons. The van der Waals surface area contributed by atoms with Crippen LogP contribution in [0, 0.1) is 6.92 Å². The summed E-state index contributed by atoms with van der Waals surface area (Å²) in [6.07, 6.45) is 0. The lowest BCUT2D eigenvalue weighted by Gasteiger charge is -2.14. The van der Waals surface area contributed by atoms with Crippen molar-refractivity contribution in [3.05, 3.63) is 60.2 Å². The average molecular weight is 343 g/mol. The highest BCUT2D eigenvalue weighted by molar-refractivity contribution is 7.94. The van der Waals surface area contributed by atoms with Crippen molar-refractivity contribution < 1.29 is 19.4 Å². The largest absolute Gasteiger partial charge is 0.496 e. The van der Waals surface area contributed by atoms with Crippen LogP contribution in [0.2, 0.25) is 0 Å². The van der Waals surface area contributed by atoms with Crippen molar-refractivity contribution in [2.24, 2.45) is 0 Å². The Bertz CT molecular complexity index is 839. The highest BCUT2D eigenvalue weighted by Gasteiger charge is 2.13. The molecule has 6 heteroatoms. The van der Waals surface area contributed by atoms with Gasteiger partial charge >= 0.3 is 0 Å². The van der Waals surface area contributed by atoms with Gasteiger partial charge in [0, 0.05) is 27.2 Å². The number of methoxy groups -OCH3 is 1. The topological polar surface area (TPSA) is 60.0 Å². The fourth-order valence-electron chi connectivity index (χ4n) is 2.61. The van der Waals surface area contributed by atoms with E-state index in [0.717, 1.165) is 50.4 Å². The van der Waals surface area contributed by atoms with Crippen molar-refractivity contribution >= 4 is 34.2 Å². The van der Waals surface area contributed by atoms with Gasteiger partial charge in [-0.05, 0) is 42.6 Å². The first-order valence-electron chi connectivity index (χ1n) is 7.31. The number of ether oxygens (including phenoxy) is 1. The zero-order chi connectivity index (χ0) is 16.9. The molecule has 3 aromatic carbocycles. The summed E-state index contributed by atoms with van der Waals surface area (Å²) in [5.74, 6) is 0.758. The van der Waals surface area contributed by atoms with Crippen LogP contribution in [0.4, 0.5) is 11.4 Å². The number of nitrogens with one attached hydrogen (secondary N) is 1. The summed E-state index contributed by atoms with van der Waals surface area (Å²) in [4.78, 5) is 0.803. The lowest BCUT2D eigenvalue weighted by molar-refractivity contribution is -0.432. The summed E-state index contributed by atoms with van der Waals surface area (Å²) in [5, 5.41) is 17.4. The maximum Gasteiger partial charge on any atom is 0.130 e. The lowest BCUT2D eigenvalue weighted by atomic mass is 10.0. The van der Waals surface area contributed by atoms with Crippen LogP contribution in [-0.2, 0) is 9.37 Å². The van der Waals surface area contributed by atoms with Gasteiger partial charge in [0.1, 0.15) is 5.75 Å². The van der Waals surface area contributed by atoms with Crippen molar-refractivity contribution in [1.29, 1.82) is 0 Å². The van der Waals surface area contributed by atoms with Gasteiger partial charge in [-0.2, -0.15) is 0 Å². The van der Waals surface area contributed by atoms with Gasteiger partial charge in [0.05, 0.1) is 19.2 Å². The Labute approximate surface area is 144 Å². The molecule has 5 nitrogen and oxygen atoms in total. The second-order valence-corrected chi connectivity index (χ2v) is 5.93. The normalized spacial score (nSPS) is 10.8. The van der Waals surface area contributed by atoms with Crippen LogP contribution in [0.5, 0.6) is 5.75 Å². The molecule has 3 rings (SSSR count). The molecule has 0 aliphatic carbocycles. The molecule has 0 saturated heterocycles. The van der Waals surface area contributed by atoms with Crippen LogP contribution in [0.15, 0.2) is 59.5 Å². The predicted molar refractivity (Wildman–Crippen MR) is 95.6 cm³/mol. The summed E-state index contributed by atoms with van der Waals surface area (Å²) in [5.41, 5.74) is 2.90. The minimum Gasteiger partial charge on any atom is -0.496 e. The Morgan fingerprint density at radius 1 is 1.00 bits per heavy atom. The molecule has 0 saturated carbocycles. The molecule has 0 unspecified atom stereocenters. The van der Waals surface area contributed by atoms with Gasteiger partial charge in [0.15, 0.2) is 0 Å². The molecule has 0 amide bonds. The quantitative estimate of drug-likeness (QED) is 0.358. The van der Waals surface area contributed by atoms with Gasteiger partial charge < -0.3 is 10.1 Å². The molecule has 0 aromatic heterocycles. The van der Waals surface area contributed by atoms with Crippen LogP contribution in [0.25, 0.3) is 10.8 Å². The Morgan fingerprint density at radius 3 is 2.50 bits per heavy atom. The van der Waals surface area contributed by atoms with E-state index in [1.807, 2.05) is 61.5 Å². The van der Waals surface area contributed by atoms with E-state index in [2.05, 4.69) is 14.7 Å². The van der Waals surface area contributed by atoms with Gasteiger partial charge in [-0.15, -0.1) is 4.33 Å². The third-order valence-corrected chi connectivity index (χ3v) is 4.45. The van der Waals surface area contributed by atoms with Gasteiger partial charge in [0.2, 0.25) is 0 Å². The average Bonchev–Trinajstić information content (AvgIpc) is 2.61. The van der Waals surface area contributed by atoms with Gasteiger partial charge in [0.25, 0.3) is 0 Å². The maximum absolute atomic E-state index is 8.35. The molecule has 0 atom stereocenters. The Morgan fingerprint density at radius 2 is 1.79 bits per heavy atom. The highest BCUT2D eigenvalue weighted by Crippen LogP contribution is 2.38. The molecule has 0 heterocycles. The van der Waals surface area contributed by atoms with Crippen LogP contribution in [0.3, 0.4) is 0 Å². The fourth-order valence-corrected chi connectivity index (χ4v) is 3.11. The van der Waals surface area contributed by atoms with E-state index in [1.54, 1.807) is 7.11 Å². The summed E-state index contributed by atoms with van der Waals surface area (Å²) in [7, 11) is 1.64. The van der Waals surface area contributed by atoms with E-state index in [9.17, 15) is 0 Å². The summed E-state index contributed by atoms with van der Waals surface area (Å²) >= 11 is 0.930. The van der Waals surface area contributed by atoms with Crippen molar-refractivity contribution in [2.45, 2.75) is 11.8 Å². The van der Waals surface area contributed by atoms with E-state index >= 15 is 0 Å². The first-order chi connectivity index (χ1) is 11.7. The van der Waals surface area contributed by atoms with E-state index in [0.29, 0.717) is 0 Å². The van der Waals surface area contributed by atoms with Crippen LogP contribution in [-0.4, -0.2) is 12.4 Å². The van der Waals surface area contributed by atoms with Crippen LogP contribution < -0.4 is 10.1 Å². The summed E-state index contributed by atoms with van der Waals surface area (Å²) in [6.45, 7) is 1.93. The number of hydrogen-bond acceptors (Lipinski definition) is 6. The van der Waals surface area contributed by atoms with Crippen molar-refractivity contribution in [3.8, 4) is 5.75 Å². The third-order valence-electron chi connectivity index (χ3n) is 3.72. The third kappa shape index (κ3) is 3.47. The molecular formula is C18H17NO4S. The smallest absolute Gasteiger partial charge is 0.130 e. The molecule has 0 spiro atoms. The molecular weight excluding hydrogens is 326 g/mol. The molecule has 0 aliphatic rings. The highest BCUT2D eigenvalue weighted by atomic mass is 32.2. The predicted octanol–water partition coefficient (Wildman–Crippen LogP) is 5.33. The molecule has 24 heavy (non-hydrogen) atoms. The van der Waals surface area contributed by atoms with E-state index in [4.69, 9.17) is 9.99 Å². The molecule has 0 bridgehead atoms. The molecule has 0 radical (unpaired) electrons. The maximum atomic E-state index is 8.35. The Balaban J connectivity index is 2.02. The Hall–Kier alpha value is -2.25. The number of anilines is 2. The monoisotopic (exact) mass is 343 g/mol. The SMILES string of the molecule is COc1c(C)c(SOOO)cc2ccc(Nc3ccccc3)cc12. The zero-order valence-corrected chi connectivity index (χ0v) is 14.1. The summed E-state index contributed by atoms with van der Waals surface area (Å²) in [6, 6.07) is 18.0. The first-order valence-corrected chi connectivity index (χ1v) is 8.05. The van der Waals surface area contributed by atoms with Crippen LogP contribution >= 0.6 is 12.0 Å². The summed E-state index contributed by atoms with van der Waals surface area (Å²) < 4.78 is 10.1. The molecule has 0 fully saturated rings. The number of para-hydroxylation sites is 1. The number of hydrogen-bond donors (Lipinski definition) is 2. The molecule has 2 N–H and O–H groups in total. The fraction of sp³-hybridized carbons (Fsp3) is 0.111. The standard InChI is InChI=1S/C18H17NO4S/c1-12-17(24-23-22-20)10-13-8-9-15(11-16(13)18(12)21-2)19-14-6-4-3-5-7-14/h3-11,19-20H,1-2H3.